The second-order valence-corrected chi connectivity index (χ2v) is 16.9. The molecule has 0 aromatic rings. The second kappa shape index (κ2) is 36.4. The van der Waals surface area contributed by atoms with Crippen LogP contribution < -0.4 is 27.4 Å². The fraction of sp³-hybridized carbons (Fsp3) is 0.786. The Balaban J connectivity index is 4.59. The number of carbonyl (C=O) groups is 8. The number of nitrogens with two attached hydrogens (primary N) is 2. The highest BCUT2D eigenvalue weighted by atomic mass is 79.9. The highest BCUT2D eigenvalue weighted by Gasteiger charge is 2.27. The second-order valence-electron chi connectivity index (χ2n) is 15.3. The molecule has 2 amide bonds. The minimum absolute atomic E-state index is 0.0116. The summed E-state index contributed by atoms with van der Waals surface area (Å²) < 4.78 is 10.9. The molecule has 0 aromatic heterocycles. The summed E-state index contributed by atoms with van der Waals surface area (Å²) in [6.07, 6.45) is 6.23. The smallest absolute Gasteiger partial charge is 0.222 e. The zero-order valence-electron chi connectivity index (χ0n) is 37.1. The molecular weight excluding hydrogens is 874 g/mol. The molecule has 17 nitrogen and oxygen atoms in total. The summed E-state index contributed by atoms with van der Waals surface area (Å²) in [7, 11) is 3.36. The lowest BCUT2D eigenvalue weighted by molar-refractivity contribution is -0.130. The summed E-state index contributed by atoms with van der Waals surface area (Å²) in [5, 5.41) is 9.02. The predicted octanol–water partition coefficient (Wildman–Crippen LogP) is 2.32. The fourth-order valence-corrected chi connectivity index (χ4v) is 7.49. The van der Waals surface area contributed by atoms with Crippen molar-refractivity contribution in [1.29, 1.82) is 0 Å². The Morgan fingerprint density at radius 1 is 0.836 bits per heavy atom. The monoisotopic (exact) mass is 947 g/mol. The van der Waals surface area contributed by atoms with Crippen molar-refractivity contribution in [3.63, 3.8) is 0 Å². The molecule has 5 atom stereocenters. The lowest BCUT2D eigenvalue weighted by Crippen LogP contribution is -2.45. The van der Waals surface area contributed by atoms with Crippen LogP contribution in [0.25, 0.3) is 0 Å². The van der Waals surface area contributed by atoms with E-state index in [1.54, 1.807) is 19.0 Å². The molecule has 61 heavy (non-hydrogen) atoms. The number of ether oxygens (including phenoxy) is 2. The van der Waals surface area contributed by atoms with Crippen LogP contribution in [0, 0.1) is 11.8 Å². The van der Waals surface area contributed by atoms with Gasteiger partial charge in [-0.2, -0.15) is 11.8 Å². The average molecular weight is 949 g/mol. The molecule has 7 N–H and O–H groups in total. The van der Waals surface area contributed by atoms with E-state index in [1.807, 2.05) is 13.8 Å². The quantitative estimate of drug-likeness (QED) is 0.0194. The number of halogens is 1. The number of hydrogen-bond acceptors (Lipinski definition) is 14. The van der Waals surface area contributed by atoms with Gasteiger partial charge in [-0.1, -0.05) is 42.6 Å². The van der Waals surface area contributed by atoms with Crippen molar-refractivity contribution < 1.29 is 47.8 Å². The molecule has 0 fully saturated rings. The van der Waals surface area contributed by atoms with Crippen LogP contribution in [0.1, 0.15) is 104 Å². The molecule has 0 unspecified atom stereocenters. The topological polar surface area (TPSA) is 259 Å². The molecule has 0 aliphatic carbocycles. The normalized spacial score (nSPS) is 13.7. The first-order valence-electron chi connectivity index (χ1n) is 21.4. The summed E-state index contributed by atoms with van der Waals surface area (Å²) in [6.45, 7) is 7.73. The van der Waals surface area contributed by atoms with Crippen LogP contribution in [0.2, 0.25) is 0 Å². The number of aldehydes is 1. The Bertz CT molecular complexity index is 1370. The van der Waals surface area contributed by atoms with E-state index in [0.717, 1.165) is 6.29 Å². The number of nitrogens with zero attached hydrogens (tertiary/aromatic N) is 2. The van der Waals surface area contributed by atoms with Gasteiger partial charge in [-0.05, 0) is 65.5 Å². The molecule has 0 aromatic carbocycles. The van der Waals surface area contributed by atoms with E-state index in [0.29, 0.717) is 102 Å². The van der Waals surface area contributed by atoms with Gasteiger partial charge >= 0.3 is 0 Å². The molecule has 0 saturated heterocycles. The van der Waals surface area contributed by atoms with E-state index in [1.165, 1.54) is 18.7 Å². The van der Waals surface area contributed by atoms with Gasteiger partial charge in [0.2, 0.25) is 11.8 Å². The summed E-state index contributed by atoms with van der Waals surface area (Å²) in [5.41, 5.74) is 10.7. The zero-order valence-corrected chi connectivity index (χ0v) is 39.5. The Morgan fingerprint density at radius 2 is 1.54 bits per heavy atom. The van der Waals surface area contributed by atoms with Gasteiger partial charge in [0.15, 0.2) is 17.5 Å². The fourth-order valence-electron chi connectivity index (χ4n) is 6.13. The van der Waals surface area contributed by atoms with Crippen molar-refractivity contribution in [2.75, 3.05) is 77.0 Å². The number of rotatable bonds is 41. The standard InChI is InChI=1S/C42H74BrN7O10S/c1-6-30(2)41(37(55)16-14-32(31(3)52)11-7-8-19-47-39(57)18-22-60-24-23-59-21-10-13-34(53)25-43)49-40(58)17-15-35(54)28-61-29-36(46-4)38(56)26-50(5)33(27-51)12-9-20-48-42(44)45/h27,30,32-33,36,41,46H,6-26,28-29H2,1-5H3,(H,47,57)(H,49,58)(H4,44,45,48)/t30-,32+,33-,36-,41-/m0/s1. The Kier molecular flexibility index (Phi) is 34.5. The van der Waals surface area contributed by atoms with Crippen LogP contribution in [-0.4, -0.2) is 153 Å². The van der Waals surface area contributed by atoms with Gasteiger partial charge < -0.3 is 41.7 Å². The van der Waals surface area contributed by atoms with Gasteiger partial charge in [-0.25, -0.2) is 0 Å². The maximum absolute atomic E-state index is 13.4. The van der Waals surface area contributed by atoms with Crippen molar-refractivity contribution in [2.45, 2.75) is 122 Å². The Hall–Kier alpha value is -3.10. The largest absolute Gasteiger partial charge is 0.379 e. The van der Waals surface area contributed by atoms with Crippen molar-refractivity contribution >= 4 is 80.7 Å². The molecule has 0 spiro atoms. The number of thioether (sulfide) groups is 1. The molecule has 0 heterocycles. The highest BCUT2D eigenvalue weighted by molar-refractivity contribution is 9.09. The molecule has 350 valence electrons. The number of amides is 2. The lowest BCUT2D eigenvalue weighted by Gasteiger charge is -2.25. The van der Waals surface area contributed by atoms with Crippen molar-refractivity contribution in [3.8, 4) is 0 Å². The minimum Gasteiger partial charge on any atom is -0.379 e. The number of guanidine groups is 1. The Morgan fingerprint density at radius 3 is 2.16 bits per heavy atom. The lowest BCUT2D eigenvalue weighted by atomic mass is 9.88. The first-order chi connectivity index (χ1) is 29.1. The number of likely N-dealkylation sites (N-methyl/N-ethyl adjacent to an activating group) is 2. The molecule has 0 saturated carbocycles. The van der Waals surface area contributed by atoms with Gasteiger partial charge in [-0.3, -0.25) is 43.5 Å². The van der Waals surface area contributed by atoms with Crippen molar-refractivity contribution in [3.05, 3.63) is 0 Å². The van der Waals surface area contributed by atoms with Crippen LogP contribution in [0.3, 0.4) is 0 Å². The third kappa shape index (κ3) is 29.8. The third-order valence-corrected chi connectivity index (χ3v) is 11.9. The number of aliphatic imine (C=N–C) groups is 1. The maximum Gasteiger partial charge on any atom is 0.222 e. The minimum atomic E-state index is -0.736. The SMILES string of the molecule is CC[C@H](C)[C@H](NC(=O)CCC(=O)CSC[C@H](NC)C(=O)CN(C)[C@H](C=O)CCCN=C(N)N)C(=O)CC[C@@H](CCCCNC(=O)CCOCCOCCCC(=O)CBr)C(C)=O. The number of alkyl halides is 1. The van der Waals surface area contributed by atoms with Crippen LogP contribution in [-0.2, 0) is 47.8 Å². The zero-order chi connectivity index (χ0) is 46.0. The average Bonchev–Trinajstić information content (AvgIpc) is 3.22. The molecule has 0 rings (SSSR count). The van der Waals surface area contributed by atoms with Crippen LogP contribution in [0.15, 0.2) is 4.99 Å². The summed E-state index contributed by atoms with van der Waals surface area (Å²) in [5.74, 6) is -0.871. The summed E-state index contributed by atoms with van der Waals surface area (Å²) >= 11 is 4.41. The molecule has 0 aliphatic rings. The number of Topliss-reactive ketones (excluding diaryl/α,β-unsaturated/α-hetero) is 5. The van der Waals surface area contributed by atoms with Gasteiger partial charge in [0.1, 0.15) is 23.6 Å². The van der Waals surface area contributed by atoms with Gasteiger partial charge in [-0.15, -0.1) is 0 Å². The summed E-state index contributed by atoms with van der Waals surface area (Å²) in [4.78, 5) is 105. The van der Waals surface area contributed by atoms with Gasteiger partial charge in [0.05, 0.1) is 55.6 Å². The third-order valence-electron chi connectivity index (χ3n) is 10.2. The highest BCUT2D eigenvalue weighted by Crippen LogP contribution is 2.19. The maximum atomic E-state index is 13.4. The molecular formula is C42H74BrN7O10S. The number of nitrogens with one attached hydrogen (secondary N) is 3. The van der Waals surface area contributed by atoms with E-state index in [9.17, 15) is 38.4 Å². The number of ketones is 5. The van der Waals surface area contributed by atoms with Crippen LogP contribution in [0.5, 0.6) is 0 Å². The first-order valence-corrected chi connectivity index (χ1v) is 23.7. The van der Waals surface area contributed by atoms with E-state index >= 15 is 0 Å². The number of hydrogen-bond donors (Lipinski definition) is 5. The van der Waals surface area contributed by atoms with Crippen LogP contribution in [0.4, 0.5) is 0 Å². The van der Waals surface area contributed by atoms with Crippen molar-refractivity contribution in [2.24, 2.45) is 28.3 Å². The van der Waals surface area contributed by atoms with E-state index in [2.05, 4.69) is 36.9 Å². The Labute approximate surface area is 375 Å². The molecule has 0 aliphatic heterocycles. The predicted molar refractivity (Wildman–Crippen MR) is 243 cm³/mol. The van der Waals surface area contributed by atoms with Gasteiger partial charge in [0.25, 0.3) is 0 Å². The molecule has 0 bridgehead atoms. The van der Waals surface area contributed by atoms with E-state index < -0.39 is 24.0 Å². The number of unbranched alkanes of at least 4 members (excludes halogenated alkanes) is 1. The number of carbonyl (C=O) groups excluding carboxylic acids is 8. The van der Waals surface area contributed by atoms with Gasteiger partial charge in [0, 0.05) is 63.5 Å². The van der Waals surface area contributed by atoms with E-state index in [4.69, 9.17) is 20.9 Å². The first kappa shape index (κ1) is 57.9. The summed E-state index contributed by atoms with van der Waals surface area (Å²) in [6, 6.07) is -1.74. The van der Waals surface area contributed by atoms with Crippen molar-refractivity contribution in [1.82, 2.24) is 20.9 Å². The van der Waals surface area contributed by atoms with Crippen LogP contribution >= 0.6 is 27.7 Å². The van der Waals surface area contributed by atoms with E-state index in [-0.39, 0.29) is 97.2 Å². The molecule has 19 heteroatoms. The molecule has 0 radical (unpaired) electrons.